The third kappa shape index (κ3) is 3.43. The van der Waals surface area contributed by atoms with Crippen molar-refractivity contribution in [2.24, 2.45) is 0 Å². The van der Waals surface area contributed by atoms with E-state index >= 15 is 0 Å². The maximum absolute atomic E-state index is 14.0. The summed E-state index contributed by atoms with van der Waals surface area (Å²) in [6.45, 7) is 7.97. The molecule has 0 aliphatic rings. The van der Waals surface area contributed by atoms with Crippen molar-refractivity contribution in [1.29, 1.82) is 0 Å². The van der Waals surface area contributed by atoms with Gasteiger partial charge < -0.3 is 10.2 Å². The molecule has 0 amide bonds. The molecule has 1 aromatic carbocycles. The van der Waals surface area contributed by atoms with Crippen LogP contribution in [0.4, 0.5) is 10.1 Å². The van der Waals surface area contributed by atoms with Gasteiger partial charge in [0.25, 0.3) is 0 Å². The summed E-state index contributed by atoms with van der Waals surface area (Å²) in [5.41, 5.74) is 1.74. The molecule has 0 aliphatic carbocycles. The lowest BCUT2D eigenvalue weighted by Gasteiger charge is -2.25. The summed E-state index contributed by atoms with van der Waals surface area (Å²) in [5, 5.41) is 3.34. The molecule has 0 saturated heterocycles. The molecule has 0 radical (unpaired) electrons. The number of anilines is 1. The Balaban J connectivity index is 3.02. The smallest absolute Gasteiger partial charge is 0.130 e. The zero-order valence-electron chi connectivity index (χ0n) is 11.3. The van der Waals surface area contributed by atoms with Gasteiger partial charge in [0.2, 0.25) is 0 Å². The minimum atomic E-state index is -0.126. The van der Waals surface area contributed by atoms with E-state index in [-0.39, 0.29) is 11.9 Å². The lowest BCUT2D eigenvalue weighted by Crippen LogP contribution is -2.25. The van der Waals surface area contributed by atoms with Crippen molar-refractivity contribution in [1.82, 2.24) is 5.32 Å². The quantitative estimate of drug-likeness (QED) is 0.817. The van der Waals surface area contributed by atoms with Crippen molar-refractivity contribution >= 4 is 5.69 Å². The molecule has 1 atom stereocenters. The van der Waals surface area contributed by atoms with E-state index in [2.05, 4.69) is 24.1 Å². The molecule has 1 N–H and O–H groups in total. The van der Waals surface area contributed by atoms with Gasteiger partial charge >= 0.3 is 0 Å². The first-order valence-electron chi connectivity index (χ1n) is 6.34. The normalized spacial score (nSPS) is 12.5. The van der Waals surface area contributed by atoms with Crippen LogP contribution in [0.1, 0.15) is 38.8 Å². The van der Waals surface area contributed by atoms with Gasteiger partial charge in [-0.1, -0.05) is 13.0 Å². The molecule has 0 bridgehead atoms. The van der Waals surface area contributed by atoms with Crippen LogP contribution in [0.2, 0.25) is 0 Å². The van der Waals surface area contributed by atoms with E-state index in [9.17, 15) is 4.39 Å². The van der Waals surface area contributed by atoms with Crippen LogP contribution in [0.3, 0.4) is 0 Å². The number of nitrogens with one attached hydrogen (secondary N) is 1. The van der Waals surface area contributed by atoms with Crippen molar-refractivity contribution in [3.8, 4) is 0 Å². The molecule has 1 rings (SSSR count). The van der Waals surface area contributed by atoms with Crippen LogP contribution in [-0.4, -0.2) is 20.1 Å². The van der Waals surface area contributed by atoms with Crippen LogP contribution < -0.4 is 10.2 Å². The fourth-order valence-corrected chi connectivity index (χ4v) is 1.92. The third-order valence-corrected chi connectivity index (χ3v) is 3.05. The number of hydrogen-bond donors (Lipinski definition) is 1. The topological polar surface area (TPSA) is 15.3 Å². The highest BCUT2D eigenvalue weighted by Gasteiger charge is 2.16. The van der Waals surface area contributed by atoms with E-state index in [1.54, 1.807) is 6.07 Å². The van der Waals surface area contributed by atoms with E-state index in [4.69, 9.17) is 0 Å². The Bertz CT molecular complexity index is 352. The average Bonchev–Trinajstić information content (AvgIpc) is 2.34. The van der Waals surface area contributed by atoms with E-state index < -0.39 is 0 Å². The minimum absolute atomic E-state index is 0.0418. The van der Waals surface area contributed by atoms with Gasteiger partial charge in [-0.3, -0.25) is 0 Å². The van der Waals surface area contributed by atoms with Gasteiger partial charge in [0.05, 0.1) is 0 Å². The SMILES string of the molecule is CCCNC(C)c1c(F)cccc1N(C)CC. The maximum atomic E-state index is 14.0. The molecule has 96 valence electrons. The van der Waals surface area contributed by atoms with Gasteiger partial charge in [0.1, 0.15) is 5.82 Å². The Labute approximate surface area is 104 Å². The van der Waals surface area contributed by atoms with Gasteiger partial charge in [-0.2, -0.15) is 0 Å². The zero-order valence-corrected chi connectivity index (χ0v) is 11.3. The molecular weight excluding hydrogens is 215 g/mol. The van der Waals surface area contributed by atoms with E-state index in [0.29, 0.717) is 0 Å². The summed E-state index contributed by atoms with van der Waals surface area (Å²) in [6.07, 6.45) is 1.05. The first-order valence-corrected chi connectivity index (χ1v) is 6.34. The average molecular weight is 238 g/mol. The number of halogens is 1. The van der Waals surface area contributed by atoms with Crippen LogP contribution >= 0.6 is 0 Å². The highest BCUT2D eigenvalue weighted by atomic mass is 19.1. The highest BCUT2D eigenvalue weighted by Crippen LogP contribution is 2.28. The number of rotatable bonds is 6. The fourth-order valence-electron chi connectivity index (χ4n) is 1.92. The lowest BCUT2D eigenvalue weighted by molar-refractivity contribution is 0.527. The first-order chi connectivity index (χ1) is 8.11. The molecule has 17 heavy (non-hydrogen) atoms. The van der Waals surface area contributed by atoms with Gasteiger partial charge in [-0.05, 0) is 38.9 Å². The van der Waals surface area contributed by atoms with E-state index in [1.165, 1.54) is 6.07 Å². The Morgan fingerprint density at radius 1 is 1.35 bits per heavy atom. The molecule has 0 spiro atoms. The van der Waals surface area contributed by atoms with Crippen molar-refractivity contribution < 1.29 is 4.39 Å². The minimum Gasteiger partial charge on any atom is -0.375 e. The highest BCUT2D eigenvalue weighted by molar-refractivity contribution is 5.54. The standard InChI is InChI=1S/C14H23FN2/c1-5-10-16-11(3)14-12(15)8-7-9-13(14)17(4)6-2/h7-9,11,16H,5-6,10H2,1-4H3. The second-order valence-electron chi connectivity index (χ2n) is 4.36. The molecule has 0 heterocycles. The molecular formula is C14H23FN2. The Kier molecular flexibility index (Phi) is 5.42. The van der Waals surface area contributed by atoms with Crippen molar-refractivity contribution in [3.05, 3.63) is 29.6 Å². The molecule has 2 nitrogen and oxygen atoms in total. The molecule has 0 aromatic heterocycles. The lowest BCUT2D eigenvalue weighted by atomic mass is 10.0. The fraction of sp³-hybridized carbons (Fsp3) is 0.571. The molecule has 1 unspecified atom stereocenters. The predicted molar refractivity (Wildman–Crippen MR) is 72.1 cm³/mol. The van der Waals surface area contributed by atoms with Crippen LogP contribution in [0, 0.1) is 5.82 Å². The van der Waals surface area contributed by atoms with Crippen LogP contribution in [-0.2, 0) is 0 Å². The number of hydrogen-bond acceptors (Lipinski definition) is 2. The summed E-state index contributed by atoms with van der Waals surface area (Å²) in [7, 11) is 1.99. The van der Waals surface area contributed by atoms with Crippen LogP contribution in [0.15, 0.2) is 18.2 Å². The number of nitrogens with zero attached hydrogens (tertiary/aromatic N) is 1. The molecule has 0 saturated carbocycles. The first kappa shape index (κ1) is 14.0. The summed E-state index contributed by atoms with van der Waals surface area (Å²) < 4.78 is 14.0. The Morgan fingerprint density at radius 2 is 2.06 bits per heavy atom. The van der Waals surface area contributed by atoms with Gasteiger partial charge in [-0.15, -0.1) is 0 Å². The van der Waals surface area contributed by atoms with E-state index in [1.807, 2.05) is 20.0 Å². The van der Waals surface area contributed by atoms with Crippen molar-refractivity contribution in [2.45, 2.75) is 33.2 Å². The summed E-state index contributed by atoms with van der Waals surface area (Å²) >= 11 is 0. The Hall–Kier alpha value is -1.09. The van der Waals surface area contributed by atoms with Crippen LogP contribution in [0.5, 0.6) is 0 Å². The summed E-state index contributed by atoms with van der Waals surface area (Å²) in [5.74, 6) is -0.126. The third-order valence-electron chi connectivity index (χ3n) is 3.05. The maximum Gasteiger partial charge on any atom is 0.130 e. The van der Waals surface area contributed by atoms with Gasteiger partial charge in [0, 0.05) is 30.9 Å². The zero-order chi connectivity index (χ0) is 12.8. The van der Waals surface area contributed by atoms with Gasteiger partial charge in [-0.25, -0.2) is 4.39 Å². The van der Waals surface area contributed by atoms with Gasteiger partial charge in [0.15, 0.2) is 0 Å². The Morgan fingerprint density at radius 3 is 2.65 bits per heavy atom. The number of benzene rings is 1. The summed E-state index contributed by atoms with van der Waals surface area (Å²) in [6, 6.07) is 5.32. The monoisotopic (exact) mass is 238 g/mol. The van der Waals surface area contributed by atoms with E-state index in [0.717, 1.165) is 30.8 Å². The van der Waals surface area contributed by atoms with Crippen molar-refractivity contribution in [3.63, 3.8) is 0 Å². The largest absolute Gasteiger partial charge is 0.375 e. The summed E-state index contributed by atoms with van der Waals surface area (Å²) in [4.78, 5) is 2.07. The molecule has 3 heteroatoms. The second kappa shape index (κ2) is 6.60. The molecule has 0 fully saturated rings. The van der Waals surface area contributed by atoms with Crippen LogP contribution in [0.25, 0.3) is 0 Å². The molecule has 1 aromatic rings. The molecule has 0 aliphatic heterocycles. The predicted octanol–water partition coefficient (Wildman–Crippen LogP) is 3.34. The second-order valence-corrected chi connectivity index (χ2v) is 4.36. The van der Waals surface area contributed by atoms with Crippen molar-refractivity contribution in [2.75, 3.05) is 25.0 Å².